The van der Waals surface area contributed by atoms with E-state index in [1.165, 1.54) is 18.7 Å². The molecular weight excluding hydrogens is 262 g/mol. The lowest BCUT2D eigenvalue weighted by Gasteiger charge is -2.16. The van der Waals surface area contributed by atoms with E-state index in [0.29, 0.717) is 5.75 Å². The van der Waals surface area contributed by atoms with E-state index in [4.69, 9.17) is 4.74 Å². The minimum Gasteiger partial charge on any atom is -0.425 e. The van der Waals surface area contributed by atoms with Gasteiger partial charge in [0.1, 0.15) is 0 Å². The van der Waals surface area contributed by atoms with Gasteiger partial charge in [-0.1, -0.05) is 11.8 Å². The number of aryl methyl sites for hydroxylation is 1. The zero-order chi connectivity index (χ0) is 13.4. The molecule has 0 saturated carbocycles. The lowest BCUT2D eigenvalue weighted by molar-refractivity contribution is -0.131. The van der Waals surface area contributed by atoms with Gasteiger partial charge < -0.3 is 9.72 Å². The Morgan fingerprint density at radius 2 is 2.32 bits per heavy atom. The third-order valence-electron chi connectivity index (χ3n) is 3.11. The highest BCUT2D eigenvalue weighted by atomic mass is 32.2. The van der Waals surface area contributed by atoms with E-state index in [-0.39, 0.29) is 5.97 Å². The second-order valence-electron chi connectivity index (χ2n) is 4.33. The van der Waals surface area contributed by atoms with Crippen molar-refractivity contribution in [1.29, 1.82) is 0 Å². The number of nitrogens with zero attached hydrogens (tertiary/aromatic N) is 2. The highest BCUT2D eigenvalue weighted by molar-refractivity contribution is 7.98. The highest BCUT2D eigenvalue weighted by Gasteiger charge is 2.24. The van der Waals surface area contributed by atoms with Crippen LogP contribution >= 0.6 is 11.8 Å². The number of ether oxygens (including phenoxy) is 1. The number of esters is 1. The van der Waals surface area contributed by atoms with E-state index in [1.54, 1.807) is 6.20 Å². The lowest BCUT2D eigenvalue weighted by atomic mass is 9.95. The molecule has 0 unspecified atom stereocenters. The number of H-pyrrole nitrogens is 1. The molecule has 0 amide bonds. The van der Waals surface area contributed by atoms with Crippen molar-refractivity contribution >= 4 is 17.7 Å². The van der Waals surface area contributed by atoms with Gasteiger partial charge in [0.15, 0.2) is 10.9 Å². The SMILES string of the molecule is CSc1ncc2c(n1)-c1[nH]cc(OC(C)=O)c1CC2. The number of carbonyl (C=O) groups is 1. The first-order valence-electron chi connectivity index (χ1n) is 5.98. The molecule has 6 heteroatoms. The number of nitrogens with one attached hydrogen (secondary N) is 1. The molecule has 0 spiro atoms. The third-order valence-corrected chi connectivity index (χ3v) is 3.67. The first-order chi connectivity index (χ1) is 9.19. The molecule has 0 atom stereocenters. The summed E-state index contributed by atoms with van der Waals surface area (Å²) in [4.78, 5) is 23.1. The van der Waals surface area contributed by atoms with Crippen molar-refractivity contribution in [2.75, 3.05) is 6.26 Å². The standard InChI is InChI=1S/C13H13N3O2S/c1-7(17)18-10-6-14-12-9(10)4-3-8-5-15-13(19-2)16-11(8)12/h5-6,14H,3-4H2,1-2H3. The fourth-order valence-corrected chi connectivity index (χ4v) is 2.63. The molecule has 2 heterocycles. The van der Waals surface area contributed by atoms with Crippen LogP contribution in [0.4, 0.5) is 0 Å². The van der Waals surface area contributed by atoms with Gasteiger partial charge in [-0.3, -0.25) is 4.79 Å². The molecule has 0 radical (unpaired) electrons. The maximum Gasteiger partial charge on any atom is 0.308 e. The Morgan fingerprint density at radius 1 is 1.47 bits per heavy atom. The summed E-state index contributed by atoms with van der Waals surface area (Å²) < 4.78 is 5.21. The Balaban J connectivity index is 2.08. The molecule has 3 rings (SSSR count). The summed E-state index contributed by atoms with van der Waals surface area (Å²) in [5, 5.41) is 0.746. The molecule has 98 valence electrons. The van der Waals surface area contributed by atoms with Crippen LogP contribution in [0.25, 0.3) is 11.4 Å². The van der Waals surface area contributed by atoms with E-state index >= 15 is 0 Å². The van der Waals surface area contributed by atoms with Gasteiger partial charge in [-0.05, 0) is 24.7 Å². The van der Waals surface area contributed by atoms with Crippen molar-refractivity contribution in [1.82, 2.24) is 15.0 Å². The van der Waals surface area contributed by atoms with Crippen LogP contribution in [-0.4, -0.2) is 27.2 Å². The van der Waals surface area contributed by atoms with E-state index in [1.807, 2.05) is 12.5 Å². The predicted molar refractivity (Wildman–Crippen MR) is 72.3 cm³/mol. The van der Waals surface area contributed by atoms with Gasteiger partial charge in [0.25, 0.3) is 0 Å². The second kappa shape index (κ2) is 4.70. The van der Waals surface area contributed by atoms with Crippen molar-refractivity contribution in [3.05, 3.63) is 23.5 Å². The highest BCUT2D eigenvalue weighted by Crippen LogP contribution is 2.37. The largest absolute Gasteiger partial charge is 0.425 e. The third kappa shape index (κ3) is 2.12. The number of hydrogen-bond acceptors (Lipinski definition) is 5. The number of thioether (sulfide) groups is 1. The number of carbonyl (C=O) groups excluding carboxylic acids is 1. The molecule has 0 bridgehead atoms. The second-order valence-corrected chi connectivity index (χ2v) is 5.10. The number of aromatic nitrogens is 3. The molecule has 0 aromatic carbocycles. The van der Waals surface area contributed by atoms with Gasteiger partial charge in [-0.25, -0.2) is 9.97 Å². The van der Waals surface area contributed by atoms with Crippen LogP contribution < -0.4 is 4.74 Å². The summed E-state index contributed by atoms with van der Waals surface area (Å²) in [6.07, 6.45) is 7.25. The van der Waals surface area contributed by atoms with Gasteiger partial charge in [-0.15, -0.1) is 0 Å². The average Bonchev–Trinajstić information content (AvgIpc) is 2.81. The Bertz CT molecular complexity index is 651. The molecule has 5 nitrogen and oxygen atoms in total. The summed E-state index contributed by atoms with van der Waals surface area (Å²) in [5.41, 5.74) is 4.00. The topological polar surface area (TPSA) is 67.9 Å². The monoisotopic (exact) mass is 275 g/mol. The smallest absolute Gasteiger partial charge is 0.308 e. The molecule has 0 fully saturated rings. The Morgan fingerprint density at radius 3 is 3.05 bits per heavy atom. The normalized spacial score (nSPS) is 12.7. The van der Waals surface area contributed by atoms with Crippen LogP contribution in [0.5, 0.6) is 5.75 Å². The van der Waals surface area contributed by atoms with Gasteiger partial charge in [0.05, 0.1) is 11.4 Å². The van der Waals surface area contributed by atoms with Gasteiger partial charge in [0, 0.05) is 24.9 Å². The molecule has 1 aliphatic rings. The van der Waals surface area contributed by atoms with Gasteiger partial charge >= 0.3 is 5.97 Å². The van der Waals surface area contributed by atoms with Crippen molar-refractivity contribution < 1.29 is 9.53 Å². The number of fused-ring (bicyclic) bond motifs is 3. The molecule has 0 saturated heterocycles. The molecule has 2 aromatic heterocycles. The van der Waals surface area contributed by atoms with Crippen molar-refractivity contribution in [3.8, 4) is 17.1 Å². The molecule has 1 aliphatic carbocycles. The van der Waals surface area contributed by atoms with Crippen LogP contribution in [0.15, 0.2) is 17.6 Å². The van der Waals surface area contributed by atoms with E-state index in [0.717, 1.165) is 40.5 Å². The molecule has 1 N–H and O–H groups in total. The van der Waals surface area contributed by atoms with Crippen LogP contribution in [0.1, 0.15) is 18.1 Å². The predicted octanol–water partition coefficient (Wildman–Crippen LogP) is 2.22. The average molecular weight is 275 g/mol. The zero-order valence-corrected chi connectivity index (χ0v) is 11.5. The molecule has 0 aliphatic heterocycles. The number of rotatable bonds is 2. The zero-order valence-electron chi connectivity index (χ0n) is 10.7. The summed E-state index contributed by atoms with van der Waals surface area (Å²) >= 11 is 1.51. The summed E-state index contributed by atoms with van der Waals surface area (Å²) in [7, 11) is 0. The van der Waals surface area contributed by atoms with Gasteiger partial charge in [-0.2, -0.15) is 0 Å². The van der Waals surface area contributed by atoms with Crippen molar-refractivity contribution in [2.24, 2.45) is 0 Å². The van der Waals surface area contributed by atoms with E-state index in [9.17, 15) is 4.79 Å². The number of hydrogen-bond donors (Lipinski definition) is 1. The Hall–Kier alpha value is -1.82. The summed E-state index contributed by atoms with van der Waals surface area (Å²) in [6, 6.07) is 0. The van der Waals surface area contributed by atoms with Crippen LogP contribution in [0.3, 0.4) is 0 Å². The number of aromatic amines is 1. The summed E-state index contributed by atoms with van der Waals surface area (Å²) in [5.74, 6) is 0.303. The Kier molecular flexibility index (Phi) is 3.02. The van der Waals surface area contributed by atoms with Crippen LogP contribution in [-0.2, 0) is 17.6 Å². The van der Waals surface area contributed by atoms with Crippen molar-refractivity contribution in [3.63, 3.8) is 0 Å². The lowest BCUT2D eigenvalue weighted by Crippen LogP contribution is -2.08. The Labute approximate surface area is 114 Å². The maximum absolute atomic E-state index is 11.1. The minimum atomic E-state index is -0.305. The van der Waals surface area contributed by atoms with Crippen molar-refractivity contribution in [2.45, 2.75) is 24.9 Å². The fourth-order valence-electron chi connectivity index (χ4n) is 2.29. The van der Waals surface area contributed by atoms with E-state index < -0.39 is 0 Å². The molecule has 19 heavy (non-hydrogen) atoms. The molecular formula is C13H13N3O2S. The van der Waals surface area contributed by atoms with Crippen LogP contribution in [0.2, 0.25) is 0 Å². The van der Waals surface area contributed by atoms with Gasteiger partial charge in [0.2, 0.25) is 0 Å². The molecule has 2 aromatic rings. The van der Waals surface area contributed by atoms with Crippen LogP contribution in [0, 0.1) is 0 Å². The minimum absolute atomic E-state index is 0.305. The quantitative estimate of drug-likeness (QED) is 0.517. The maximum atomic E-state index is 11.1. The fraction of sp³-hybridized carbons (Fsp3) is 0.308. The summed E-state index contributed by atoms with van der Waals surface area (Å²) in [6.45, 7) is 1.41. The first kappa shape index (κ1) is 12.2. The van der Waals surface area contributed by atoms with E-state index in [2.05, 4.69) is 15.0 Å². The first-order valence-corrected chi connectivity index (χ1v) is 7.20.